The van der Waals surface area contributed by atoms with Crippen molar-refractivity contribution < 1.29 is 27.8 Å². The zero-order valence-electron chi connectivity index (χ0n) is 16.6. The molecule has 1 amide bonds. The number of morpholine rings is 1. The lowest BCUT2D eigenvalue weighted by atomic mass is 10.0. The van der Waals surface area contributed by atoms with Crippen molar-refractivity contribution in [3.63, 3.8) is 0 Å². The third-order valence-electron chi connectivity index (χ3n) is 4.65. The molecule has 0 bridgehead atoms. The van der Waals surface area contributed by atoms with Crippen LogP contribution in [0.25, 0.3) is 0 Å². The van der Waals surface area contributed by atoms with E-state index in [0.717, 1.165) is 30.9 Å². The van der Waals surface area contributed by atoms with Gasteiger partial charge in [0.05, 0.1) is 23.5 Å². The van der Waals surface area contributed by atoms with Crippen LogP contribution in [0.15, 0.2) is 29.6 Å². The van der Waals surface area contributed by atoms with Crippen molar-refractivity contribution in [2.45, 2.75) is 51.3 Å². The Kier molecular flexibility index (Phi) is 7.12. The fourth-order valence-electron chi connectivity index (χ4n) is 3.46. The summed E-state index contributed by atoms with van der Waals surface area (Å²) in [5, 5.41) is 14.8. The highest BCUT2D eigenvalue weighted by molar-refractivity contribution is 7.13. The number of ether oxygens (including phenoxy) is 1. The number of rotatable bonds is 6. The summed E-state index contributed by atoms with van der Waals surface area (Å²) in [6.45, 7) is 6.23. The average Bonchev–Trinajstić information content (AvgIpc) is 3.07. The number of aromatic nitrogens is 1. The second kappa shape index (κ2) is 9.42. The van der Waals surface area contributed by atoms with Crippen LogP contribution in [0.2, 0.25) is 0 Å². The molecular weight excluding hydrogens is 419 g/mol. The summed E-state index contributed by atoms with van der Waals surface area (Å²) < 4.78 is 44.1. The molecule has 1 aliphatic rings. The lowest BCUT2D eigenvalue weighted by Crippen LogP contribution is -2.44. The minimum atomic E-state index is -4.48. The number of carbonyl (C=O) groups is 1. The van der Waals surface area contributed by atoms with E-state index in [1.54, 1.807) is 0 Å². The molecule has 1 saturated heterocycles. The largest absolute Gasteiger partial charge is 0.416 e. The fourth-order valence-corrected chi connectivity index (χ4v) is 4.16. The first-order valence-electron chi connectivity index (χ1n) is 9.57. The maximum atomic E-state index is 12.8. The van der Waals surface area contributed by atoms with Gasteiger partial charge < -0.3 is 9.84 Å². The summed E-state index contributed by atoms with van der Waals surface area (Å²) in [6.07, 6.45) is -5.91. The monoisotopic (exact) mass is 443 g/mol. The highest BCUT2D eigenvalue weighted by atomic mass is 32.1. The summed E-state index contributed by atoms with van der Waals surface area (Å²) in [5.74, 6) is -0.707. The second-order valence-corrected chi connectivity index (χ2v) is 8.36. The SMILES string of the molecule is C[C@@H]1CN(Cc2csc(NC(=O)[C@H](O)Cc3cccc(C(F)(F)F)c3)n2)C[C@@H](C)O1. The van der Waals surface area contributed by atoms with E-state index in [0.29, 0.717) is 11.7 Å². The van der Waals surface area contributed by atoms with Crippen LogP contribution in [0, 0.1) is 0 Å². The van der Waals surface area contributed by atoms with Crippen LogP contribution in [0.1, 0.15) is 30.7 Å². The molecular formula is C20H24F3N3O3S. The molecule has 1 fully saturated rings. The maximum absolute atomic E-state index is 12.8. The molecule has 2 heterocycles. The number of aliphatic hydroxyl groups is 1. The second-order valence-electron chi connectivity index (χ2n) is 7.50. The summed E-state index contributed by atoms with van der Waals surface area (Å²) in [5.41, 5.74) is 0.204. The lowest BCUT2D eigenvalue weighted by molar-refractivity contribution is -0.137. The topological polar surface area (TPSA) is 74.7 Å². The molecule has 30 heavy (non-hydrogen) atoms. The number of anilines is 1. The first-order valence-corrected chi connectivity index (χ1v) is 10.5. The van der Waals surface area contributed by atoms with E-state index in [4.69, 9.17) is 4.74 Å². The number of hydrogen-bond acceptors (Lipinski definition) is 6. The Hall–Kier alpha value is -2.01. The predicted octanol–water partition coefficient (Wildman–Crippen LogP) is 3.31. The van der Waals surface area contributed by atoms with Crippen molar-refractivity contribution in [3.05, 3.63) is 46.5 Å². The lowest BCUT2D eigenvalue weighted by Gasteiger charge is -2.34. The molecule has 0 saturated carbocycles. The summed E-state index contributed by atoms with van der Waals surface area (Å²) >= 11 is 1.24. The van der Waals surface area contributed by atoms with Crippen LogP contribution in [0.5, 0.6) is 0 Å². The first-order chi connectivity index (χ1) is 14.1. The fraction of sp³-hybridized carbons (Fsp3) is 0.500. The number of benzene rings is 1. The van der Waals surface area contributed by atoms with E-state index >= 15 is 0 Å². The molecule has 0 spiro atoms. The van der Waals surface area contributed by atoms with Gasteiger partial charge in [-0.1, -0.05) is 18.2 Å². The van der Waals surface area contributed by atoms with Gasteiger partial charge in [-0.2, -0.15) is 13.2 Å². The third-order valence-corrected chi connectivity index (χ3v) is 5.46. The van der Waals surface area contributed by atoms with Crippen molar-refractivity contribution in [2.24, 2.45) is 0 Å². The zero-order valence-corrected chi connectivity index (χ0v) is 17.5. The van der Waals surface area contributed by atoms with E-state index in [-0.39, 0.29) is 24.2 Å². The number of nitrogens with one attached hydrogen (secondary N) is 1. The maximum Gasteiger partial charge on any atom is 0.416 e. The minimum Gasteiger partial charge on any atom is -0.383 e. The Morgan fingerprint density at radius 3 is 2.73 bits per heavy atom. The third kappa shape index (κ3) is 6.24. The van der Waals surface area contributed by atoms with Crippen molar-refractivity contribution >= 4 is 22.4 Å². The molecule has 2 N–H and O–H groups in total. The highest BCUT2D eigenvalue weighted by Crippen LogP contribution is 2.29. The van der Waals surface area contributed by atoms with Crippen LogP contribution in [0.4, 0.5) is 18.3 Å². The molecule has 1 aliphatic heterocycles. The molecule has 2 aromatic rings. The minimum absolute atomic E-state index is 0.137. The van der Waals surface area contributed by atoms with Gasteiger partial charge in [-0.15, -0.1) is 11.3 Å². The predicted molar refractivity (Wildman–Crippen MR) is 107 cm³/mol. The number of carbonyl (C=O) groups excluding carboxylic acids is 1. The molecule has 0 aliphatic carbocycles. The number of hydrogen-bond donors (Lipinski definition) is 2. The molecule has 10 heteroatoms. The quantitative estimate of drug-likeness (QED) is 0.717. The van der Waals surface area contributed by atoms with Gasteiger partial charge in [-0.3, -0.25) is 15.0 Å². The molecule has 1 aromatic carbocycles. The van der Waals surface area contributed by atoms with Crippen molar-refractivity contribution in [1.82, 2.24) is 9.88 Å². The van der Waals surface area contributed by atoms with Crippen molar-refractivity contribution in [1.29, 1.82) is 0 Å². The molecule has 3 rings (SSSR count). The summed E-state index contributed by atoms with van der Waals surface area (Å²) in [6, 6.07) is 4.58. The Bertz CT molecular complexity index is 864. The standard InChI is InChI=1S/C20H24F3N3O3S/c1-12-8-26(9-13(2)29-12)10-16-11-30-19(24-16)25-18(28)17(27)7-14-4-3-5-15(6-14)20(21,22)23/h3-6,11-13,17,27H,7-10H2,1-2H3,(H,24,25,28)/t12-,13-,17-/m1/s1. The number of amides is 1. The average molecular weight is 443 g/mol. The molecule has 0 unspecified atom stereocenters. The van der Waals surface area contributed by atoms with Gasteiger partial charge in [0.15, 0.2) is 5.13 Å². The Labute approximate surface area is 176 Å². The summed E-state index contributed by atoms with van der Waals surface area (Å²) in [4.78, 5) is 18.8. The normalized spacial score (nSPS) is 21.4. The van der Waals surface area contributed by atoms with E-state index in [1.165, 1.54) is 23.5 Å². The van der Waals surface area contributed by atoms with E-state index < -0.39 is 23.8 Å². The van der Waals surface area contributed by atoms with Crippen LogP contribution in [-0.2, 0) is 28.7 Å². The van der Waals surface area contributed by atoms with Gasteiger partial charge in [-0.05, 0) is 25.5 Å². The van der Waals surface area contributed by atoms with Crippen molar-refractivity contribution in [3.8, 4) is 0 Å². The van der Waals surface area contributed by atoms with Gasteiger partial charge in [-0.25, -0.2) is 4.98 Å². The number of aliphatic hydroxyl groups excluding tert-OH is 1. The van der Waals surface area contributed by atoms with E-state index in [1.807, 2.05) is 19.2 Å². The Morgan fingerprint density at radius 1 is 1.37 bits per heavy atom. The Balaban J connectivity index is 1.55. The zero-order chi connectivity index (χ0) is 21.9. The smallest absolute Gasteiger partial charge is 0.383 e. The van der Waals surface area contributed by atoms with Gasteiger partial charge in [0.1, 0.15) is 6.10 Å². The number of thiazole rings is 1. The molecule has 6 nitrogen and oxygen atoms in total. The van der Waals surface area contributed by atoms with Crippen LogP contribution in [0.3, 0.4) is 0 Å². The van der Waals surface area contributed by atoms with Crippen LogP contribution >= 0.6 is 11.3 Å². The Morgan fingerprint density at radius 2 is 2.07 bits per heavy atom. The van der Waals surface area contributed by atoms with Gasteiger partial charge in [0.25, 0.3) is 5.91 Å². The number of nitrogens with zero attached hydrogens (tertiary/aromatic N) is 2. The molecule has 3 atom stereocenters. The van der Waals surface area contributed by atoms with Gasteiger partial charge in [0, 0.05) is 31.4 Å². The molecule has 1 aromatic heterocycles. The first kappa shape index (κ1) is 22.7. The van der Waals surface area contributed by atoms with Crippen LogP contribution in [-0.4, -0.2) is 52.3 Å². The van der Waals surface area contributed by atoms with Crippen molar-refractivity contribution in [2.75, 3.05) is 18.4 Å². The number of halogens is 3. The van der Waals surface area contributed by atoms with Gasteiger partial charge >= 0.3 is 6.18 Å². The van der Waals surface area contributed by atoms with Gasteiger partial charge in [0.2, 0.25) is 0 Å². The highest BCUT2D eigenvalue weighted by Gasteiger charge is 2.30. The molecule has 0 radical (unpaired) electrons. The molecule has 164 valence electrons. The summed E-state index contributed by atoms with van der Waals surface area (Å²) in [7, 11) is 0. The number of alkyl halides is 3. The van der Waals surface area contributed by atoms with E-state index in [9.17, 15) is 23.1 Å². The van der Waals surface area contributed by atoms with Crippen LogP contribution < -0.4 is 5.32 Å². The van der Waals surface area contributed by atoms with E-state index in [2.05, 4.69) is 15.2 Å².